The Hall–Kier alpha value is -2.41. The van der Waals surface area contributed by atoms with E-state index < -0.39 is 27.5 Å². The molecule has 0 saturated heterocycles. The number of hydrogen-bond donors (Lipinski definition) is 2. The van der Waals surface area contributed by atoms with Crippen LogP contribution in [0, 0.1) is 5.82 Å². The van der Waals surface area contributed by atoms with Crippen molar-refractivity contribution < 1.29 is 22.7 Å². The smallest absolute Gasteiger partial charge is 0.335 e. The minimum absolute atomic E-state index is 0.0259. The molecule has 0 unspecified atom stereocenters. The third-order valence-electron chi connectivity index (χ3n) is 3.31. The molecule has 0 aliphatic rings. The van der Waals surface area contributed by atoms with Crippen molar-refractivity contribution in [1.82, 2.24) is 0 Å². The summed E-state index contributed by atoms with van der Waals surface area (Å²) in [6.07, 6.45) is 0. The van der Waals surface area contributed by atoms with Crippen LogP contribution in [0.5, 0.6) is 0 Å². The first-order chi connectivity index (χ1) is 10.7. The van der Waals surface area contributed by atoms with Gasteiger partial charge in [0.25, 0.3) is 10.0 Å². The zero-order chi connectivity index (χ0) is 17.2. The summed E-state index contributed by atoms with van der Waals surface area (Å²) in [6, 6.07) is 9.13. The predicted molar refractivity (Wildman–Crippen MR) is 84.7 cm³/mol. The van der Waals surface area contributed by atoms with Crippen LogP contribution < -0.4 is 4.72 Å². The fourth-order valence-electron chi connectivity index (χ4n) is 1.97. The van der Waals surface area contributed by atoms with Gasteiger partial charge in [-0.15, -0.1) is 0 Å². The molecule has 5 nitrogen and oxygen atoms in total. The van der Waals surface area contributed by atoms with Crippen molar-refractivity contribution >= 4 is 21.7 Å². The van der Waals surface area contributed by atoms with Gasteiger partial charge >= 0.3 is 5.97 Å². The van der Waals surface area contributed by atoms with Crippen LogP contribution in [0.25, 0.3) is 0 Å². The second-order valence-electron chi connectivity index (χ2n) is 5.33. The van der Waals surface area contributed by atoms with E-state index in [-0.39, 0.29) is 16.4 Å². The zero-order valence-corrected chi connectivity index (χ0v) is 13.4. The highest BCUT2D eigenvalue weighted by molar-refractivity contribution is 7.92. The summed E-state index contributed by atoms with van der Waals surface area (Å²) < 4.78 is 40.4. The van der Waals surface area contributed by atoms with Crippen molar-refractivity contribution in [2.45, 2.75) is 24.7 Å². The van der Waals surface area contributed by atoms with E-state index in [0.717, 1.165) is 23.8 Å². The molecule has 0 fully saturated rings. The number of hydrogen-bond acceptors (Lipinski definition) is 3. The number of rotatable bonds is 5. The van der Waals surface area contributed by atoms with Gasteiger partial charge < -0.3 is 5.11 Å². The first-order valence-corrected chi connectivity index (χ1v) is 8.34. The van der Waals surface area contributed by atoms with Gasteiger partial charge in [-0.1, -0.05) is 26.0 Å². The fraction of sp³-hybridized carbons (Fsp3) is 0.188. The lowest BCUT2D eigenvalue weighted by Gasteiger charge is -2.11. The number of carbonyl (C=O) groups is 1. The minimum Gasteiger partial charge on any atom is -0.478 e. The minimum atomic E-state index is -4.00. The Kier molecular flexibility index (Phi) is 4.70. The summed E-state index contributed by atoms with van der Waals surface area (Å²) in [4.78, 5) is 10.9. The largest absolute Gasteiger partial charge is 0.478 e. The second kappa shape index (κ2) is 6.37. The molecule has 2 rings (SSSR count). The number of carboxylic acid groups (broad SMARTS) is 1. The second-order valence-corrected chi connectivity index (χ2v) is 7.01. The van der Waals surface area contributed by atoms with Crippen LogP contribution in [0.4, 0.5) is 10.1 Å². The summed E-state index contributed by atoms with van der Waals surface area (Å²) in [5.41, 5.74) is 0.361. The highest BCUT2D eigenvalue weighted by atomic mass is 32.2. The number of aromatic carboxylic acids is 1. The number of anilines is 1. The SMILES string of the molecule is CC(C)c1ccc(S(=O)(=O)Nc2cc(C(=O)O)ccc2F)cc1. The van der Waals surface area contributed by atoms with Gasteiger partial charge in [0, 0.05) is 0 Å². The lowest BCUT2D eigenvalue weighted by atomic mass is 10.0. The Morgan fingerprint density at radius 3 is 2.26 bits per heavy atom. The van der Waals surface area contributed by atoms with Crippen molar-refractivity contribution in [1.29, 1.82) is 0 Å². The van der Waals surface area contributed by atoms with E-state index in [2.05, 4.69) is 4.72 Å². The van der Waals surface area contributed by atoms with Crippen molar-refractivity contribution in [3.63, 3.8) is 0 Å². The van der Waals surface area contributed by atoms with Crippen molar-refractivity contribution in [3.8, 4) is 0 Å². The molecule has 0 saturated carbocycles. The van der Waals surface area contributed by atoms with E-state index in [1.165, 1.54) is 12.1 Å². The van der Waals surface area contributed by atoms with Gasteiger partial charge in [0.1, 0.15) is 5.82 Å². The molecule has 0 aliphatic heterocycles. The van der Waals surface area contributed by atoms with Crippen LogP contribution in [-0.4, -0.2) is 19.5 Å². The van der Waals surface area contributed by atoms with Crippen LogP contribution in [0.15, 0.2) is 47.4 Å². The molecule has 0 amide bonds. The van der Waals surface area contributed by atoms with Crippen LogP contribution in [-0.2, 0) is 10.0 Å². The number of nitrogens with one attached hydrogen (secondary N) is 1. The summed E-state index contributed by atoms with van der Waals surface area (Å²) in [6.45, 7) is 3.96. The Labute approximate surface area is 133 Å². The quantitative estimate of drug-likeness (QED) is 0.875. The molecule has 2 N–H and O–H groups in total. The number of sulfonamides is 1. The third-order valence-corrected chi connectivity index (χ3v) is 4.70. The molecule has 0 atom stereocenters. The standard InChI is InChI=1S/C16H16FNO4S/c1-10(2)11-3-6-13(7-4-11)23(21,22)18-15-9-12(16(19)20)5-8-14(15)17/h3-10,18H,1-2H3,(H,19,20). The molecule has 0 bridgehead atoms. The molecule has 23 heavy (non-hydrogen) atoms. The topological polar surface area (TPSA) is 83.5 Å². The van der Waals surface area contributed by atoms with E-state index in [1.807, 2.05) is 13.8 Å². The highest BCUT2D eigenvalue weighted by Crippen LogP contribution is 2.22. The van der Waals surface area contributed by atoms with Gasteiger partial charge in [0.2, 0.25) is 0 Å². The van der Waals surface area contributed by atoms with E-state index in [0.29, 0.717) is 0 Å². The highest BCUT2D eigenvalue weighted by Gasteiger charge is 2.18. The molecule has 0 aliphatic carbocycles. The van der Waals surface area contributed by atoms with Crippen molar-refractivity contribution in [2.24, 2.45) is 0 Å². The van der Waals surface area contributed by atoms with Crippen molar-refractivity contribution in [3.05, 3.63) is 59.4 Å². The zero-order valence-electron chi connectivity index (χ0n) is 12.6. The first-order valence-electron chi connectivity index (χ1n) is 6.86. The maximum atomic E-state index is 13.7. The third kappa shape index (κ3) is 3.87. The molecular weight excluding hydrogens is 321 g/mol. The molecule has 0 spiro atoms. The lowest BCUT2D eigenvalue weighted by Crippen LogP contribution is -2.14. The van der Waals surface area contributed by atoms with Gasteiger partial charge in [-0.2, -0.15) is 0 Å². The normalized spacial score (nSPS) is 11.5. The van der Waals surface area contributed by atoms with Gasteiger partial charge in [-0.3, -0.25) is 4.72 Å². The maximum absolute atomic E-state index is 13.7. The summed E-state index contributed by atoms with van der Waals surface area (Å²) in [5.74, 6) is -1.87. The van der Waals surface area contributed by atoms with Crippen LogP contribution in [0.1, 0.15) is 35.7 Å². The number of carboxylic acids is 1. The number of halogens is 1. The van der Waals surface area contributed by atoms with E-state index >= 15 is 0 Å². The van der Waals surface area contributed by atoms with Gasteiger partial charge in [-0.25, -0.2) is 17.6 Å². The number of benzene rings is 2. The molecule has 0 heterocycles. The van der Waals surface area contributed by atoms with Gasteiger partial charge in [-0.05, 0) is 41.8 Å². The van der Waals surface area contributed by atoms with Crippen LogP contribution in [0.2, 0.25) is 0 Å². The summed E-state index contributed by atoms with van der Waals surface area (Å²) >= 11 is 0. The molecule has 7 heteroatoms. The van der Waals surface area contributed by atoms with Gasteiger partial charge in [0.05, 0.1) is 16.1 Å². The average Bonchev–Trinajstić information content (AvgIpc) is 2.49. The predicted octanol–water partition coefficient (Wildman–Crippen LogP) is 3.45. The van der Waals surface area contributed by atoms with Crippen molar-refractivity contribution in [2.75, 3.05) is 4.72 Å². The Bertz CT molecular complexity index is 830. The lowest BCUT2D eigenvalue weighted by molar-refractivity contribution is 0.0697. The molecular formula is C16H16FNO4S. The maximum Gasteiger partial charge on any atom is 0.335 e. The van der Waals surface area contributed by atoms with Crippen LogP contribution in [0.3, 0.4) is 0 Å². The molecule has 2 aromatic rings. The Morgan fingerprint density at radius 1 is 1.13 bits per heavy atom. The Balaban J connectivity index is 2.34. The average molecular weight is 337 g/mol. The van der Waals surface area contributed by atoms with Crippen LogP contribution >= 0.6 is 0 Å². The van der Waals surface area contributed by atoms with E-state index in [9.17, 15) is 17.6 Å². The van der Waals surface area contributed by atoms with E-state index in [4.69, 9.17) is 5.11 Å². The molecule has 0 aromatic heterocycles. The summed E-state index contributed by atoms with van der Waals surface area (Å²) in [7, 11) is -4.00. The van der Waals surface area contributed by atoms with Gasteiger partial charge in [0.15, 0.2) is 0 Å². The monoisotopic (exact) mass is 337 g/mol. The Morgan fingerprint density at radius 2 is 1.74 bits per heavy atom. The summed E-state index contributed by atoms with van der Waals surface area (Å²) in [5, 5.41) is 8.90. The molecule has 2 aromatic carbocycles. The van der Waals surface area contributed by atoms with E-state index in [1.54, 1.807) is 12.1 Å². The molecule has 122 valence electrons. The first kappa shape index (κ1) is 17.0. The fourth-order valence-corrected chi connectivity index (χ4v) is 3.03. The molecule has 0 radical (unpaired) electrons.